The Morgan fingerprint density at radius 2 is 1.22 bits per heavy atom. The van der Waals surface area contributed by atoms with Gasteiger partial charge in [-0.25, -0.2) is 0 Å². The van der Waals surface area contributed by atoms with E-state index in [1.807, 2.05) is 0 Å². The maximum atomic E-state index is 11.9. The van der Waals surface area contributed by atoms with Gasteiger partial charge in [-0.05, 0) is 0 Å². The highest BCUT2D eigenvalue weighted by molar-refractivity contribution is 6.23. The normalized spacial score (nSPS) is 15.0. The molecule has 0 saturated heterocycles. The second-order valence-corrected chi connectivity index (χ2v) is 2.82. The van der Waals surface area contributed by atoms with Gasteiger partial charge in [-0.15, -0.1) is 0 Å². The largest absolute Gasteiger partial charge is 0.490 e. The van der Waals surface area contributed by atoms with Crippen molar-refractivity contribution >= 4 is 11.6 Å². The van der Waals surface area contributed by atoms with Crippen molar-refractivity contribution in [2.24, 2.45) is 10.2 Å². The predicted molar refractivity (Wildman–Crippen MR) is 52.6 cm³/mol. The minimum Gasteiger partial charge on any atom is -0.490 e. The zero-order chi connectivity index (χ0) is 13.7. The molecule has 92 valence electrons. The van der Waals surface area contributed by atoms with E-state index >= 15 is 0 Å². The summed E-state index contributed by atoms with van der Waals surface area (Å²) in [7, 11) is 2.29. The molecular weight excluding hydrogens is 244 g/mol. The van der Waals surface area contributed by atoms with Gasteiger partial charge in [-0.1, -0.05) is 0 Å². The molecule has 1 rings (SSSR count). The Morgan fingerprint density at radius 3 is 1.44 bits per heavy atom. The number of nitrogens with zero attached hydrogens (tertiary/aromatic N) is 4. The molecule has 1 aliphatic carbocycles. The number of hydrogen-bond acceptors (Lipinski definition) is 8. The fourth-order valence-electron chi connectivity index (χ4n) is 1.30. The van der Waals surface area contributed by atoms with Gasteiger partial charge in [0, 0.05) is 0 Å². The van der Waals surface area contributed by atoms with Gasteiger partial charge < -0.3 is 9.47 Å². The molecule has 0 spiro atoms. The number of hydrogen-bond donors (Lipinski definition) is 2. The standard InChI is InChI=1S/C8H8N6O4/c1-17-7-3(11-13-9)6(16)8(18-2)4(5(7)15)12-14-10/h9-10H,1-2H3/q+2. The summed E-state index contributed by atoms with van der Waals surface area (Å²) in [4.78, 5) is 29.1. The molecule has 0 radical (unpaired) electrons. The second-order valence-electron chi connectivity index (χ2n) is 2.82. The van der Waals surface area contributed by atoms with E-state index in [-0.39, 0.29) is 0 Å². The number of ketones is 2. The van der Waals surface area contributed by atoms with E-state index < -0.39 is 34.5 Å². The van der Waals surface area contributed by atoms with Gasteiger partial charge in [0.1, 0.15) is 11.1 Å². The van der Waals surface area contributed by atoms with Crippen LogP contribution in [0.4, 0.5) is 0 Å². The van der Waals surface area contributed by atoms with Crippen molar-refractivity contribution in [3.8, 4) is 0 Å². The highest BCUT2D eigenvalue weighted by Crippen LogP contribution is 2.26. The molecule has 0 aromatic rings. The average molecular weight is 252 g/mol. The number of ether oxygens (including phenoxy) is 2. The number of carbonyl (C=O) groups is 2. The van der Waals surface area contributed by atoms with E-state index in [4.69, 9.17) is 20.5 Å². The topological polar surface area (TPSA) is 153 Å². The smallest absolute Gasteiger partial charge is 0.260 e. The predicted octanol–water partition coefficient (Wildman–Crippen LogP) is -0.0451. The van der Waals surface area contributed by atoms with Crippen LogP contribution in [0.25, 0.3) is 0 Å². The Labute approximate surface area is 99.7 Å². The van der Waals surface area contributed by atoms with Crippen LogP contribution in [0, 0.1) is 11.1 Å². The Bertz CT molecular complexity index is 524. The van der Waals surface area contributed by atoms with Crippen molar-refractivity contribution in [1.82, 2.24) is 9.82 Å². The highest BCUT2D eigenvalue weighted by Gasteiger charge is 2.42. The van der Waals surface area contributed by atoms with Crippen molar-refractivity contribution in [3.05, 3.63) is 22.9 Å². The van der Waals surface area contributed by atoms with E-state index in [9.17, 15) is 9.59 Å². The maximum Gasteiger partial charge on any atom is 0.260 e. The lowest BCUT2D eigenvalue weighted by molar-refractivity contribution is -0.121. The van der Waals surface area contributed by atoms with Crippen LogP contribution >= 0.6 is 0 Å². The molecular formula is C8H8N6O4+2. The minimum absolute atomic E-state index is 0.431. The first kappa shape index (κ1) is 13.1. The molecule has 18 heavy (non-hydrogen) atoms. The Morgan fingerprint density at radius 1 is 0.889 bits per heavy atom. The quantitative estimate of drug-likeness (QED) is 0.409. The van der Waals surface area contributed by atoms with Gasteiger partial charge in [0.15, 0.2) is 10.2 Å². The first-order valence-corrected chi connectivity index (χ1v) is 4.43. The fourth-order valence-corrected chi connectivity index (χ4v) is 1.30. The zero-order valence-electron chi connectivity index (χ0n) is 9.42. The third kappa shape index (κ3) is 1.96. The molecule has 0 bridgehead atoms. The van der Waals surface area contributed by atoms with Crippen LogP contribution in [0.3, 0.4) is 0 Å². The zero-order valence-corrected chi connectivity index (χ0v) is 9.42. The summed E-state index contributed by atoms with van der Waals surface area (Å²) in [6.45, 7) is 0. The molecule has 0 unspecified atom stereocenters. The van der Waals surface area contributed by atoms with E-state index in [0.717, 1.165) is 14.2 Å². The molecule has 2 N–H and O–H groups in total. The van der Waals surface area contributed by atoms with Gasteiger partial charge in [0.2, 0.25) is 32.7 Å². The fraction of sp³-hybridized carbons (Fsp3) is 0.250. The number of methoxy groups -OCH3 is 2. The number of carbonyl (C=O) groups excluding carboxylic acids is 2. The summed E-state index contributed by atoms with van der Waals surface area (Å²) >= 11 is 0. The summed E-state index contributed by atoms with van der Waals surface area (Å²) in [6, 6.07) is 0. The summed E-state index contributed by atoms with van der Waals surface area (Å²) < 4.78 is 9.46. The number of rotatable bonds is 4. The van der Waals surface area contributed by atoms with E-state index in [1.165, 1.54) is 0 Å². The van der Waals surface area contributed by atoms with Crippen LogP contribution in [0.1, 0.15) is 0 Å². The van der Waals surface area contributed by atoms with Gasteiger partial charge in [0.05, 0.1) is 14.2 Å². The first-order chi connectivity index (χ1) is 8.62. The Balaban J connectivity index is 3.56. The van der Waals surface area contributed by atoms with Crippen LogP contribution in [-0.2, 0) is 19.1 Å². The molecule has 0 saturated carbocycles. The third-order valence-electron chi connectivity index (χ3n) is 1.98. The van der Waals surface area contributed by atoms with Crippen molar-refractivity contribution in [2.45, 2.75) is 0 Å². The summed E-state index contributed by atoms with van der Waals surface area (Å²) in [6.07, 6.45) is 0. The molecule has 10 heteroatoms. The maximum absolute atomic E-state index is 11.9. The van der Waals surface area contributed by atoms with Crippen LogP contribution in [0.5, 0.6) is 0 Å². The second kappa shape index (κ2) is 5.39. The first-order valence-electron chi connectivity index (χ1n) is 4.43. The molecule has 0 atom stereocenters. The lowest BCUT2D eigenvalue weighted by Crippen LogP contribution is -2.24. The van der Waals surface area contributed by atoms with E-state index in [2.05, 4.69) is 20.1 Å². The molecule has 10 nitrogen and oxygen atoms in total. The molecule has 0 fully saturated rings. The lowest BCUT2D eigenvalue weighted by atomic mass is 10.0. The van der Waals surface area contributed by atoms with Crippen LogP contribution in [0.2, 0.25) is 0 Å². The minimum atomic E-state index is -0.827. The van der Waals surface area contributed by atoms with E-state index in [0.29, 0.717) is 0 Å². The van der Waals surface area contributed by atoms with Crippen molar-refractivity contribution in [2.75, 3.05) is 14.2 Å². The molecule has 0 aromatic carbocycles. The van der Waals surface area contributed by atoms with Crippen molar-refractivity contribution in [3.63, 3.8) is 0 Å². The van der Waals surface area contributed by atoms with Crippen molar-refractivity contribution in [1.29, 1.82) is 11.1 Å². The molecule has 1 aliphatic rings. The van der Waals surface area contributed by atoms with Crippen LogP contribution in [0.15, 0.2) is 33.1 Å². The van der Waals surface area contributed by atoms with Gasteiger partial charge >= 0.3 is 0 Å². The highest BCUT2D eigenvalue weighted by atomic mass is 16.5. The average Bonchev–Trinajstić information content (AvgIpc) is 2.36. The SMILES string of the molecule is COC1=C(N=[N+]=N)C(=O)C(OC)=C(N=[N+]=N)C1=O. The third-order valence-corrected chi connectivity index (χ3v) is 1.98. The van der Waals surface area contributed by atoms with Gasteiger partial charge in [-0.3, -0.25) is 9.59 Å². The molecule has 0 heterocycles. The monoisotopic (exact) mass is 252 g/mol. The molecule has 0 aromatic heterocycles. The lowest BCUT2D eigenvalue weighted by Gasteiger charge is -2.12. The van der Waals surface area contributed by atoms with E-state index in [1.54, 1.807) is 0 Å². The molecule has 0 aliphatic heterocycles. The summed E-state index contributed by atoms with van der Waals surface area (Å²) in [5, 5.41) is 6.41. The van der Waals surface area contributed by atoms with Crippen LogP contribution < -0.4 is 9.82 Å². The number of Topliss-reactive ketones (excluding diaryl/α,β-unsaturated/α-hetero) is 2. The summed E-state index contributed by atoms with van der Waals surface area (Å²) in [5.41, 5.74) is 12.3. The Kier molecular flexibility index (Phi) is 3.93. The summed E-state index contributed by atoms with van der Waals surface area (Å²) in [5.74, 6) is -2.52. The molecule has 0 amide bonds. The Hall–Kier alpha value is -2.96. The van der Waals surface area contributed by atoms with Gasteiger partial charge in [0.25, 0.3) is 11.6 Å². The number of nitrogens with one attached hydrogen (secondary N) is 2. The van der Waals surface area contributed by atoms with Crippen molar-refractivity contribution < 1.29 is 19.1 Å². The van der Waals surface area contributed by atoms with Gasteiger partial charge in [-0.2, -0.15) is 0 Å². The van der Waals surface area contributed by atoms with Crippen LogP contribution in [-0.4, -0.2) is 25.8 Å².